The zero-order valence-corrected chi connectivity index (χ0v) is 18.5. The molecule has 0 radical (unpaired) electrons. The van der Waals surface area contributed by atoms with Crippen LogP contribution in [0.5, 0.6) is 0 Å². The van der Waals surface area contributed by atoms with Gasteiger partial charge in [0, 0.05) is 28.1 Å². The fraction of sp³-hybridized carbons (Fsp3) is 0.588. The molecule has 1 aromatic rings. The van der Waals surface area contributed by atoms with Crippen LogP contribution in [-0.2, 0) is 14.8 Å². The highest BCUT2D eigenvalue weighted by molar-refractivity contribution is 9.11. The number of carbonyl (C=O) groups excluding carboxylic acids is 1. The minimum Gasteiger partial charge on any atom is -0.356 e. The van der Waals surface area contributed by atoms with E-state index in [9.17, 15) is 13.2 Å². The Bertz CT molecular complexity index is 725. The Morgan fingerprint density at radius 2 is 2.04 bits per heavy atom. The number of benzene rings is 1. The van der Waals surface area contributed by atoms with E-state index in [1.54, 1.807) is 18.2 Å². The number of carbonyl (C=O) groups is 1. The van der Waals surface area contributed by atoms with Gasteiger partial charge in [-0.3, -0.25) is 4.79 Å². The van der Waals surface area contributed by atoms with Crippen molar-refractivity contribution in [3.05, 3.63) is 27.1 Å². The summed E-state index contributed by atoms with van der Waals surface area (Å²) in [6.07, 6.45) is 3.34. The van der Waals surface area contributed by atoms with E-state index < -0.39 is 10.0 Å². The Kier molecular flexibility index (Phi) is 7.49. The van der Waals surface area contributed by atoms with E-state index in [1.807, 2.05) is 6.92 Å². The van der Waals surface area contributed by atoms with Crippen molar-refractivity contribution >= 4 is 47.8 Å². The molecule has 140 valence electrons. The minimum atomic E-state index is -3.66. The first kappa shape index (κ1) is 20.9. The molecule has 2 unspecified atom stereocenters. The maximum absolute atomic E-state index is 13.1. The molecule has 8 heteroatoms. The predicted molar refractivity (Wildman–Crippen MR) is 106 cm³/mol. The lowest BCUT2D eigenvalue weighted by Crippen LogP contribution is -2.49. The Morgan fingerprint density at radius 3 is 2.68 bits per heavy atom. The Hall–Kier alpha value is -0.440. The Morgan fingerprint density at radius 1 is 1.32 bits per heavy atom. The second kappa shape index (κ2) is 8.97. The normalized spacial score (nSPS) is 21.9. The molecule has 2 rings (SSSR count). The maximum Gasteiger partial charge on any atom is 0.244 e. The molecule has 1 heterocycles. The summed E-state index contributed by atoms with van der Waals surface area (Å²) in [5, 5.41) is 2.92. The van der Waals surface area contributed by atoms with Gasteiger partial charge in [0.1, 0.15) is 0 Å². The summed E-state index contributed by atoms with van der Waals surface area (Å²) in [7, 11) is -3.66. The summed E-state index contributed by atoms with van der Waals surface area (Å²) in [6, 6.07) is 4.89. The van der Waals surface area contributed by atoms with E-state index in [4.69, 9.17) is 0 Å². The molecule has 0 aromatic heterocycles. The standard InChI is InChI=1S/C17H24Br2N2O3S/c1-3-4-9-20-17(22)13-6-5-12(2)21(11-13)25(23,24)16-8-7-14(18)10-15(16)19/h7-8,10,12-13H,3-6,9,11H2,1-2H3,(H,20,22). The number of unbranched alkanes of at least 4 members (excludes halogenated alkanes) is 1. The van der Waals surface area contributed by atoms with Crippen LogP contribution in [0.1, 0.15) is 39.5 Å². The van der Waals surface area contributed by atoms with Gasteiger partial charge in [0.15, 0.2) is 0 Å². The number of piperidine rings is 1. The van der Waals surface area contributed by atoms with Gasteiger partial charge >= 0.3 is 0 Å². The number of hydrogen-bond acceptors (Lipinski definition) is 3. The Labute approximate surface area is 166 Å². The van der Waals surface area contributed by atoms with Gasteiger partial charge in [-0.05, 0) is 60.3 Å². The van der Waals surface area contributed by atoms with Gasteiger partial charge in [0.25, 0.3) is 0 Å². The zero-order chi connectivity index (χ0) is 18.6. The first-order chi connectivity index (χ1) is 11.8. The number of amides is 1. The summed E-state index contributed by atoms with van der Waals surface area (Å²) < 4.78 is 29.0. The highest BCUT2D eigenvalue weighted by Crippen LogP contribution is 2.32. The van der Waals surface area contributed by atoms with Crippen molar-refractivity contribution in [3.63, 3.8) is 0 Å². The molecule has 0 bridgehead atoms. The number of rotatable bonds is 6. The van der Waals surface area contributed by atoms with Crippen LogP contribution in [0.3, 0.4) is 0 Å². The van der Waals surface area contributed by atoms with E-state index in [0.29, 0.717) is 23.9 Å². The van der Waals surface area contributed by atoms with Crippen LogP contribution in [0.25, 0.3) is 0 Å². The lowest BCUT2D eigenvalue weighted by molar-refractivity contribution is -0.126. The average molecular weight is 496 g/mol. The predicted octanol–water partition coefficient (Wildman–Crippen LogP) is 3.92. The third-order valence-corrected chi connectivity index (χ3v) is 7.96. The van der Waals surface area contributed by atoms with E-state index >= 15 is 0 Å². The van der Waals surface area contributed by atoms with E-state index in [2.05, 4.69) is 44.1 Å². The lowest BCUT2D eigenvalue weighted by Gasteiger charge is -2.36. The van der Waals surface area contributed by atoms with Crippen molar-refractivity contribution in [2.75, 3.05) is 13.1 Å². The van der Waals surface area contributed by atoms with Crippen LogP contribution >= 0.6 is 31.9 Å². The van der Waals surface area contributed by atoms with Crippen molar-refractivity contribution in [3.8, 4) is 0 Å². The second-order valence-electron chi connectivity index (χ2n) is 6.42. The molecule has 0 aliphatic carbocycles. The smallest absolute Gasteiger partial charge is 0.244 e. The van der Waals surface area contributed by atoms with E-state index in [1.165, 1.54) is 4.31 Å². The first-order valence-electron chi connectivity index (χ1n) is 8.52. The number of sulfonamides is 1. The van der Waals surface area contributed by atoms with Crippen molar-refractivity contribution in [2.24, 2.45) is 5.92 Å². The quantitative estimate of drug-likeness (QED) is 0.608. The van der Waals surface area contributed by atoms with E-state index in [0.717, 1.165) is 17.3 Å². The number of nitrogens with zero attached hydrogens (tertiary/aromatic N) is 1. The SMILES string of the molecule is CCCCNC(=O)C1CCC(C)N(S(=O)(=O)c2ccc(Br)cc2Br)C1. The third kappa shape index (κ3) is 5.05. The second-order valence-corrected chi connectivity index (χ2v) is 10.0. The van der Waals surface area contributed by atoms with Gasteiger partial charge in [-0.25, -0.2) is 8.42 Å². The largest absolute Gasteiger partial charge is 0.356 e. The van der Waals surface area contributed by atoms with Crippen LogP contribution in [0.15, 0.2) is 32.0 Å². The molecule has 2 atom stereocenters. The topological polar surface area (TPSA) is 66.5 Å². The summed E-state index contributed by atoms with van der Waals surface area (Å²) in [6.45, 7) is 4.84. The molecule has 1 fully saturated rings. The van der Waals surface area contributed by atoms with Crippen molar-refractivity contribution in [1.29, 1.82) is 0 Å². The van der Waals surface area contributed by atoms with Crippen LogP contribution in [0.2, 0.25) is 0 Å². The molecule has 25 heavy (non-hydrogen) atoms. The maximum atomic E-state index is 13.1. The fourth-order valence-corrected chi connectivity index (χ4v) is 6.38. The van der Waals surface area contributed by atoms with E-state index in [-0.39, 0.29) is 29.3 Å². The summed E-state index contributed by atoms with van der Waals surface area (Å²) >= 11 is 6.68. The van der Waals surface area contributed by atoms with Crippen LogP contribution in [0, 0.1) is 5.92 Å². The Balaban J connectivity index is 2.19. The monoisotopic (exact) mass is 494 g/mol. The van der Waals surface area contributed by atoms with Crippen LogP contribution < -0.4 is 5.32 Å². The van der Waals surface area contributed by atoms with Gasteiger partial charge in [-0.15, -0.1) is 0 Å². The first-order valence-corrected chi connectivity index (χ1v) is 11.5. The molecule has 1 aliphatic heterocycles. The van der Waals surface area contributed by atoms with Crippen molar-refractivity contribution < 1.29 is 13.2 Å². The summed E-state index contributed by atoms with van der Waals surface area (Å²) in [4.78, 5) is 12.6. The molecular formula is C17H24Br2N2O3S. The van der Waals surface area contributed by atoms with Crippen molar-refractivity contribution in [2.45, 2.75) is 50.5 Å². The third-order valence-electron chi connectivity index (χ3n) is 4.51. The summed E-state index contributed by atoms with van der Waals surface area (Å²) in [5.41, 5.74) is 0. The fourth-order valence-electron chi connectivity index (χ4n) is 2.97. The minimum absolute atomic E-state index is 0.0459. The van der Waals surface area contributed by atoms with Crippen molar-refractivity contribution in [1.82, 2.24) is 9.62 Å². The number of halogens is 2. The highest BCUT2D eigenvalue weighted by Gasteiger charge is 2.38. The van der Waals surface area contributed by atoms with Gasteiger partial charge in [-0.1, -0.05) is 29.3 Å². The average Bonchev–Trinajstić information content (AvgIpc) is 2.54. The number of hydrogen-bond donors (Lipinski definition) is 1. The van der Waals surface area contributed by atoms with Crippen LogP contribution in [-0.4, -0.2) is 37.8 Å². The molecule has 5 nitrogen and oxygen atoms in total. The molecular weight excluding hydrogens is 472 g/mol. The van der Waals surface area contributed by atoms with Gasteiger partial charge < -0.3 is 5.32 Å². The summed E-state index contributed by atoms with van der Waals surface area (Å²) in [5.74, 6) is -0.340. The molecule has 1 N–H and O–H groups in total. The van der Waals surface area contributed by atoms with Gasteiger partial charge in [0.2, 0.25) is 15.9 Å². The molecule has 0 spiro atoms. The molecule has 0 saturated carbocycles. The van der Waals surface area contributed by atoms with Gasteiger partial charge in [0.05, 0.1) is 10.8 Å². The highest BCUT2D eigenvalue weighted by atomic mass is 79.9. The molecule has 1 aliphatic rings. The zero-order valence-electron chi connectivity index (χ0n) is 14.5. The number of nitrogens with one attached hydrogen (secondary N) is 1. The lowest BCUT2D eigenvalue weighted by atomic mass is 9.94. The molecule has 1 saturated heterocycles. The molecule has 1 aromatic carbocycles. The van der Waals surface area contributed by atoms with Gasteiger partial charge in [-0.2, -0.15) is 4.31 Å². The van der Waals surface area contributed by atoms with Crippen LogP contribution in [0.4, 0.5) is 0 Å². The molecule has 1 amide bonds.